The summed E-state index contributed by atoms with van der Waals surface area (Å²) in [6.45, 7) is 4.51. The molecular formula is C14H20N2O3. The highest BCUT2D eigenvalue weighted by atomic mass is 16.5. The maximum absolute atomic E-state index is 10.9. The summed E-state index contributed by atoms with van der Waals surface area (Å²) in [6, 6.07) is 5.11. The minimum atomic E-state index is -0.991. The summed E-state index contributed by atoms with van der Waals surface area (Å²) in [5.74, 6) is -0.991. The van der Waals surface area contributed by atoms with E-state index in [-0.39, 0.29) is 11.7 Å². The summed E-state index contributed by atoms with van der Waals surface area (Å²) < 4.78 is 5.66. The van der Waals surface area contributed by atoms with Crippen LogP contribution in [0, 0.1) is 0 Å². The van der Waals surface area contributed by atoms with Gasteiger partial charge in [-0.05, 0) is 38.0 Å². The lowest BCUT2D eigenvalue weighted by Crippen LogP contribution is -2.39. The van der Waals surface area contributed by atoms with Crippen molar-refractivity contribution in [2.75, 3.05) is 30.3 Å². The first-order valence-corrected chi connectivity index (χ1v) is 6.61. The average Bonchev–Trinajstić information content (AvgIpc) is 2.39. The Balaban J connectivity index is 2.13. The molecule has 1 aromatic carbocycles. The maximum atomic E-state index is 10.9. The Kier molecular flexibility index (Phi) is 4.27. The molecule has 0 bridgehead atoms. The first kappa shape index (κ1) is 13.7. The zero-order valence-electron chi connectivity index (χ0n) is 11.1. The van der Waals surface area contributed by atoms with E-state index in [9.17, 15) is 4.79 Å². The Morgan fingerprint density at radius 3 is 3.00 bits per heavy atom. The van der Waals surface area contributed by atoms with E-state index < -0.39 is 5.97 Å². The molecule has 5 heteroatoms. The molecular weight excluding hydrogens is 244 g/mol. The van der Waals surface area contributed by atoms with Crippen LogP contribution in [-0.2, 0) is 4.74 Å². The van der Waals surface area contributed by atoms with Gasteiger partial charge in [-0.1, -0.05) is 0 Å². The van der Waals surface area contributed by atoms with Crippen LogP contribution < -0.4 is 10.6 Å². The van der Waals surface area contributed by atoms with Crippen LogP contribution in [0.3, 0.4) is 0 Å². The van der Waals surface area contributed by atoms with Gasteiger partial charge in [0.15, 0.2) is 0 Å². The highest BCUT2D eigenvalue weighted by molar-refractivity contribution is 5.94. The summed E-state index contributed by atoms with van der Waals surface area (Å²) in [5.41, 5.74) is 7.21. The molecule has 1 unspecified atom stereocenters. The number of benzene rings is 1. The van der Waals surface area contributed by atoms with Gasteiger partial charge in [-0.15, -0.1) is 0 Å². The molecule has 2 rings (SSSR count). The lowest BCUT2D eigenvalue weighted by atomic mass is 10.1. The van der Waals surface area contributed by atoms with E-state index >= 15 is 0 Å². The molecule has 1 aromatic rings. The van der Waals surface area contributed by atoms with Gasteiger partial charge in [0.1, 0.15) is 0 Å². The maximum Gasteiger partial charge on any atom is 0.337 e. The molecule has 1 fully saturated rings. The van der Waals surface area contributed by atoms with Crippen molar-refractivity contribution in [3.63, 3.8) is 0 Å². The molecule has 5 nitrogen and oxygen atoms in total. The second-order valence-corrected chi connectivity index (χ2v) is 4.74. The fourth-order valence-electron chi connectivity index (χ4n) is 2.49. The molecule has 0 saturated carbocycles. The third-order valence-electron chi connectivity index (χ3n) is 3.41. The number of carboxylic acid groups (broad SMARTS) is 1. The molecule has 0 spiro atoms. The fraction of sp³-hybridized carbons (Fsp3) is 0.500. The molecule has 19 heavy (non-hydrogen) atoms. The minimum absolute atomic E-state index is 0.155. The van der Waals surface area contributed by atoms with Crippen LogP contribution >= 0.6 is 0 Å². The number of carbonyl (C=O) groups is 1. The molecule has 0 radical (unpaired) electrons. The molecule has 0 aliphatic carbocycles. The van der Waals surface area contributed by atoms with Gasteiger partial charge in [0.2, 0.25) is 0 Å². The number of carboxylic acids is 1. The average molecular weight is 264 g/mol. The number of nitrogens with two attached hydrogens (primary N) is 1. The number of hydrogen-bond donors (Lipinski definition) is 2. The minimum Gasteiger partial charge on any atom is -0.478 e. The highest BCUT2D eigenvalue weighted by Gasteiger charge is 2.21. The first-order chi connectivity index (χ1) is 9.11. The van der Waals surface area contributed by atoms with Crippen molar-refractivity contribution in [3.05, 3.63) is 23.8 Å². The van der Waals surface area contributed by atoms with Crippen molar-refractivity contribution in [1.82, 2.24) is 0 Å². The highest BCUT2D eigenvalue weighted by Crippen LogP contribution is 2.25. The van der Waals surface area contributed by atoms with Crippen molar-refractivity contribution in [2.45, 2.75) is 25.9 Å². The number of aromatic carboxylic acids is 1. The summed E-state index contributed by atoms with van der Waals surface area (Å²) in [7, 11) is 0. The number of rotatable bonds is 4. The van der Waals surface area contributed by atoms with Gasteiger partial charge in [-0.2, -0.15) is 0 Å². The Morgan fingerprint density at radius 1 is 1.58 bits per heavy atom. The zero-order chi connectivity index (χ0) is 13.8. The van der Waals surface area contributed by atoms with E-state index in [1.807, 2.05) is 13.0 Å². The van der Waals surface area contributed by atoms with Crippen molar-refractivity contribution >= 4 is 17.3 Å². The van der Waals surface area contributed by atoms with Gasteiger partial charge in [0.25, 0.3) is 0 Å². The summed E-state index contributed by atoms with van der Waals surface area (Å²) in [4.78, 5) is 13.1. The van der Waals surface area contributed by atoms with Crippen LogP contribution in [0.2, 0.25) is 0 Å². The Bertz CT molecular complexity index is 460. The topological polar surface area (TPSA) is 75.8 Å². The van der Waals surface area contributed by atoms with Gasteiger partial charge < -0.3 is 20.5 Å². The molecule has 104 valence electrons. The monoisotopic (exact) mass is 264 g/mol. The van der Waals surface area contributed by atoms with Gasteiger partial charge >= 0.3 is 5.97 Å². The van der Waals surface area contributed by atoms with Crippen molar-refractivity contribution in [3.8, 4) is 0 Å². The molecule has 0 amide bonds. The van der Waals surface area contributed by atoms with Crippen LogP contribution in [0.25, 0.3) is 0 Å². The quantitative estimate of drug-likeness (QED) is 0.813. The third kappa shape index (κ3) is 3.17. The van der Waals surface area contributed by atoms with Crippen LogP contribution in [0.1, 0.15) is 30.1 Å². The van der Waals surface area contributed by atoms with Crippen LogP contribution in [0.15, 0.2) is 18.2 Å². The standard InChI is InChI=1S/C14H20N2O3/c1-2-19-11-4-3-7-16(9-11)10-5-6-12(14(17)18)13(15)8-10/h5-6,8,11H,2-4,7,9,15H2,1H3,(H,17,18). The molecule has 1 aliphatic heterocycles. The second-order valence-electron chi connectivity index (χ2n) is 4.74. The van der Waals surface area contributed by atoms with Crippen LogP contribution in [-0.4, -0.2) is 36.9 Å². The Morgan fingerprint density at radius 2 is 2.37 bits per heavy atom. The zero-order valence-corrected chi connectivity index (χ0v) is 11.1. The number of ether oxygens (including phenoxy) is 1. The first-order valence-electron chi connectivity index (χ1n) is 6.61. The number of nitrogens with zero attached hydrogens (tertiary/aromatic N) is 1. The van der Waals surface area contributed by atoms with Gasteiger partial charge in [0, 0.05) is 31.1 Å². The van der Waals surface area contributed by atoms with E-state index in [1.54, 1.807) is 12.1 Å². The van der Waals surface area contributed by atoms with Crippen molar-refractivity contribution in [1.29, 1.82) is 0 Å². The van der Waals surface area contributed by atoms with Gasteiger partial charge in [-0.25, -0.2) is 4.79 Å². The molecule has 0 aromatic heterocycles. The van der Waals surface area contributed by atoms with Crippen molar-refractivity contribution in [2.24, 2.45) is 0 Å². The smallest absolute Gasteiger partial charge is 0.337 e. The molecule has 3 N–H and O–H groups in total. The molecule has 1 aliphatic rings. The fourth-order valence-corrected chi connectivity index (χ4v) is 2.49. The molecule has 1 atom stereocenters. The number of piperidine rings is 1. The van der Waals surface area contributed by atoms with E-state index in [0.29, 0.717) is 5.69 Å². The Hall–Kier alpha value is -1.75. The van der Waals surface area contributed by atoms with Gasteiger partial charge in [-0.3, -0.25) is 0 Å². The van der Waals surface area contributed by atoms with Crippen LogP contribution in [0.5, 0.6) is 0 Å². The van der Waals surface area contributed by atoms with E-state index in [4.69, 9.17) is 15.6 Å². The largest absolute Gasteiger partial charge is 0.478 e. The number of hydrogen-bond acceptors (Lipinski definition) is 4. The number of nitrogen functional groups attached to an aromatic ring is 1. The van der Waals surface area contributed by atoms with E-state index in [2.05, 4.69) is 4.90 Å². The summed E-state index contributed by atoms with van der Waals surface area (Å²) >= 11 is 0. The lowest BCUT2D eigenvalue weighted by Gasteiger charge is -2.34. The Labute approximate surface area is 113 Å². The third-order valence-corrected chi connectivity index (χ3v) is 3.41. The molecule has 1 saturated heterocycles. The van der Waals surface area contributed by atoms with Crippen LogP contribution in [0.4, 0.5) is 11.4 Å². The predicted octanol–water partition coefficient (Wildman–Crippen LogP) is 1.97. The lowest BCUT2D eigenvalue weighted by molar-refractivity contribution is 0.0526. The summed E-state index contributed by atoms with van der Waals surface area (Å²) in [5, 5.41) is 8.97. The second kappa shape index (κ2) is 5.93. The number of anilines is 2. The predicted molar refractivity (Wildman–Crippen MR) is 74.7 cm³/mol. The van der Waals surface area contributed by atoms with E-state index in [0.717, 1.165) is 38.2 Å². The van der Waals surface area contributed by atoms with Crippen molar-refractivity contribution < 1.29 is 14.6 Å². The van der Waals surface area contributed by atoms with Gasteiger partial charge in [0.05, 0.1) is 11.7 Å². The SMILES string of the molecule is CCOC1CCCN(c2ccc(C(=O)O)c(N)c2)C1. The normalized spacial score (nSPS) is 19.4. The molecule has 1 heterocycles. The van der Waals surface area contributed by atoms with E-state index in [1.165, 1.54) is 0 Å². The summed E-state index contributed by atoms with van der Waals surface area (Å²) in [6.07, 6.45) is 2.40.